The zero-order chi connectivity index (χ0) is 12.2. The first-order valence-corrected chi connectivity index (χ1v) is 7.72. The first kappa shape index (κ1) is 14.3. The van der Waals surface area contributed by atoms with Gasteiger partial charge < -0.3 is 10.2 Å². The van der Waals surface area contributed by atoms with Crippen LogP contribution in [0.4, 0.5) is 0 Å². The van der Waals surface area contributed by atoms with Gasteiger partial charge in [0.1, 0.15) is 0 Å². The van der Waals surface area contributed by atoms with Crippen LogP contribution in [0.1, 0.15) is 34.1 Å². The van der Waals surface area contributed by atoms with Crippen molar-refractivity contribution in [2.45, 2.75) is 44.9 Å². The molecule has 0 aromatic carbocycles. The van der Waals surface area contributed by atoms with Gasteiger partial charge >= 0.3 is 0 Å². The van der Waals surface area contributed by atoms with Crippen molar-refractivity contribution in [2.75, 3.05) is 32.4 Å². The van der Waals surface area contributed by atoms with Crippen LogP contribution in [0.3, 0.4) is 0 Å². The fourth-order valence-electron chi connectivity index (χ4n) is 2.27. The molecule has 2 atom stereocenters. The van der Waals surface area contributed by atoms with Gasteiger partial charge in [0.15, 0.2) is 0 Å². The minimum atomic E-state index is 0.363. The van der Waals surface area contributed by atoms with Crippen LogP contribution in [0.15, 0.2) is 0 Å². The van der Waals surface area contributed by atoms with E-state index >= 15 is 0 Å². The van der Waals surface area contributed by atoms with Crippen molar-refractivity contribution in [3.05, 3.63) is 0 Å². The van der Waals surface area contributed by atoms with Crippen LogP contribution in [-0.2, 0) is 0 Å². The maximum atomic E-state index is 3.76. The van der Waals surface area contributed by atoms with Gasteiger partial charge in [-0.1, -0.05) is 13.8 Å². The predicted octanol–water partition coefficient (Wildman–Crippen LogP) is 2.45. The Morgan fingerprint density at radius 3 is 2.62 bits per heavy atom. The van der Waals surface area contributed by atoms with Crippen LogP contribution in [0.5, 0.6) is 0 Å². The molecule has 1 saturated heterocycles. The summed E-state index contributed by atoms with van der Waals surface area (Å²) in [6.07, 6.45) is 3.50. The third kappa shape index (κ3) is 4.27. The van der Waals surface area contributed by atoms with Crippen molar-refractivity contribution in [2.24, 2.45) is 5.92 Å². The van der Waals surface area contributed by atoms with Gasteiger partial charge in [-0.3, -0.25) is 0 Å². The highest BCUT2D eigenvalue weighted by Gasteiger charge is 2.26. The van der Waals surface area contributed by atoms with Gasteiger partial charge in [0.2, 0.25) is 0 Å². The van der Waals surface area contributed by atoms with Crippen LogP contribution in [0.25, 0.3) is 0 Å². The molecule has 0 aliphatic carbocycles. The van der Waals surface area contributed by atoms with Crippen molar-refractivity contribution in [1.29, 1.82) is 0 Å². The Bertz CT molecular complexity index is 206. The zero-order valence-electron chi connectivity index (χ0n) is 11.5. The molecule has 1 aliphatic heterocycles. The number of nitrogens with one attached hydrogen (secondary N) is 1. The SMILES string of the molecule is CCN1CCC(NCC(C)(C)SC)C(C)C1. The van der Waals surface area contributed by atoms with E-state index in [0.29, 0.717) is 10.8 Å². The molecule has 1 fully saturated rings. The van der Waals surface area contributed by atoms with Crippen LogP contribution < -0.4 is 5.32 Å². The van der Waals surface area contributed by atoms with Crippen LogP contribution in [0, 0.1) is 5.92 Å². The topological polar surface area (TPSA) is 15.3 Å². The average Bonchev–Trinajstić information content (AvgIpc) is 2.27. The molecule has 0 aromatic heterocycles. The molecule has 0 bridgehead atoms. The lowest BCUT2D eigenvalue weighted by Crippen LogP contribution is -2.50. The molecule has 0 amide bonds. The Kier molecular flexibility index (Phi) is 5.62. The van der Waals surface area contributed by atoms with E-state index in [2.05, 4.69) is 44.2 Å². The summed E-state index contributed by atoms with van der Waals surface area (Å²) in [4.78, 5) is 2.56. The van der Waals surface area contributed by atoms with Crippen LogP contribution >= 0.6 is 11.8 Å². The minimum absolute atomic E-state index is 0.363. The molecule has 1 aliphatic rings. The van der Waals surface area contributed by atoms with Gasteiger partial charge in [-0.15, -0.1) is 0 Å². The smallest absolute Gasteiger partial charge is 0.0225 e. The summed E-state index contributed by atoms with van der Waals surface area (Å²) in [5.41, 5.74) is 0. The quantitative estimate of drug-likeness (QED) is 0.800. The molecule has 0 aromatic rings. The first-order chi connectivity index (χ1) is 7.48. The van der Waals surface area contributed by atoms with E-state index in [1.54, 1.807) is 0 Å². The highest BCUT2D eigenvalue weighted by atomic mass is 32.2. The Morgan fingerprint density at radius 1 is 1.44 bits per heavy atom. The van der Waals surface area contributed by atoms with Gasteiger partial charge in [-0.25, -0.2) is 0 Å². The summed E-state index contributed by atoms with van der Waals surface area (Å²) < 4.78 is 0.363. The Hall–Kier alpha value is 0.270. The van der Waals surface area contributed by atoms with E-state index in [-0.39, 0.29) is 0 Å². The molecular formula is C13H28N2S. The van der Waals surface area contributed by atoms with E-state index in [9.17, 15) is 0 Å². The second-order valence-electron chi connectivity index (χ2n) is 5.61. The molecule has 0 saturated carbocycles. The second-order valence-corrected chi connectivity index (χ2v) is 7.12. The lowest BCUT2D eigenvalue weighted by molar-refractivity contribution is 0.152. The zero-order valence-corrected chi connectivity index (χ0v) is 12.4. The van der Waals surface area contributed by atoms with Gasteiger partial charge in [-0.05, 0) is 45.5 Å². The van der Waals surface area contributed by atoms with Crippen LogP contribution in [-0.4, -0.2) is 48.1 Å². The minimum Gasteiger partial charge on any atom is -0.312 e. The molecule has 0 radical (unpaired) electrons. The highest BCUT2D eigenvalue weighted by Crippen LogP contribution is 2.22. The molecule has 16 heavy (non-hydrogen) atoms. The van der Waals surface area contributed by atoms with Gasteiger partial charge in [-0.2, -0.15) is 11.8 Å². The fraction of sp³-hybridized carbons (Fsp3) is 1.00. The van der Waals surface area contributed by atoms with Gasteiger partial charge in [0.25, 0.3) is 0 Å². The number of rotatable bonds is 5. The highest BCUT2D eigenvalue weighted by molar-refractivity contribution is 7.99. The second kappa shape index (κ2) is 6.27. The summed E-state index contributed by atoms with van der Waals surface area (Å²) in [7, 11) is 0. The molecule has 1 heterocycles. The number of hydrogen-bond acceptors (Lipinski definition) is 3. The summed E-state index contributed by atoms with van der Waals surface area (Å²) >= 11 is 1.95. The number of piperidine rings is 1. The summed E-state index contributed by atoms with van der Waals surface area (Å²) in [5, 5.41) is 3.76. The Labute approximate surface area is 106 Å². The number of likely N-dealkylation sites (tertiary alicyclic amines) is 1. The first-order valence-electron chi connectivity index (χ1n) is 6.49. The summed E-state index contributed by atoms with van der Waals surface area (Å²) in [5.74, 6) is 0.784. The molecular weight excluding hydrogens is 216 g/mol. The monoisotopic (exact) mass is 244 g/mol. The fourth-order valence-corrected chi connectivity index (χ4v) is 2.50. The van der Waals surface area contributed by atoms with Gasteiger partial charge in [0.05, 0.1) is 0 Å². The van der Waals surface area contributed by atoms with E-state index < -0.39 is 0 Å². The van der Waals surface area contributed by atoms with Gasteiger partial charge in [0, 0.05) is 23.9 Å². The van der Waals surface area contributed by atoms with E-state index in [0.717, 1.165) is 12.5 Å². The number of nitrogens with zero attached hydrogens (tertiary/aromatic N) is 1. The molecule has 0 spiro atoms. The molecule has 2 unspecified atom stereocenters. The van der Waals surface area contributed by atoms with Crippen molar-refractivity contribution in [3.63, 3.8) is 0 Å². The van der Waals surface area contributed by atoms with E-state index in [1.807, 2.05) is 11.8 Å². The van der Waals surface area contributed by atoms with E-state index in [4.69, 9.17) is 0 Å². The van der Waals surface area contributed by atoms with Crippen LogP contribution in [0.2, 0.25) is 0 Å². The Balaban J connectivity index is 2.33. The van der Waals surface area contributed by atoms with Crippen molar-refractivity contribution < 1.29 is 0 Å². The molecule has 2 nitrogen and oxygen atoms in total. The maximum absolute atomic E-state index is 3.76. The molecule has 1 rings (SSSR count). The standard InChI is InChI=1S/C13H28N2S/c1-6-15-8-7-12(11(2)9-15)14-10-13(3,4)16-5/h11-12,14H,6-10H2,1-5H3. The van der Waals surface area contributed by atoms with E-state index in [1.165, 1.54) is 26.1 Å². The van der Waals surface area contributed by atoms with Crippen molar-refractivity contribution >= 4 is 11.8 Å². The summed E-state index contributed by atoms with van der Waals surface area (Å²) in [6.45, 7) is 14.1. The third-order valence-corrected chi connectivity index (χ3v) is 5.03. The Morgan fingerprint density at radius 2 is 2.12 bits per heavy atom. The lowest BCUT2D eigenvalue weighted by Gasteiger charge is -2.38. The summed E-state index contributed by atoms with van der Waals surface area (Å²) in [6, 6.07) is 0.717. The number of hydrogen-bond donors (Lipinski definition) is 1. The van der Waals surface area contributed by atoms with Crippen molar-refractivity contribution in [3.8, 4) is 0 Å². The lowest BCUT2D eigenvalue weighted by atomic mass is 9.93. The largest absolute Gasteiger partial charge is 0.312 e. The normalized spacial score (nSPS) is 28.3. The van der Waals surface area contributed by atoms with Crippen molar-refractivity contribution in [1.82, 2.24) is 10.2 Å². The maximum Gasteiger partial charge on any atom is 0.0225 e. The number of thioether (sulfide) groups is 1. The average molecular weight is 244 g/mol. The molecule has 1 N–H and O–H groups in total. The molecule has 96 valence electrons. The molecule has 3 heteroatoms. The third-order valence-electron chi connectivity index (χ3n) is 3.78. The predicted molar refractivity (Wildman–Crippen MR) is 75.3 cm³/mol.